The summed E-state index contributed by atoms with van der Waals surface area (Å²) in [6, 6.07) is 15.6. The highest BCUT2D eigenvalue weighted by Crippen LogP contribution is 2.39. The van der Waals surface area contributed by atoms with Crippen molar-refractivity contribution < 1.29 is 0 Å². The topological polar surface area (TPSA) is 67.4 Å². The zero-order valence-corrected chi connectivity index (χ0v) is 18.1. The van der Waals surface area contributed by atoms with E-state index in [9.17, 15) is 5.26 Å². The quantitative estimate of drug-likeness (QED) is 0.360. The van der Waals surface area contributed by atoms with E-state index in [1.165, 1.54) is 25.7 Å². The number of nitriles is 1. The van der Waals surface area contributed by atoms with Crippen LogP contribution in [0.5, 0.6) is 0 Å². The highest BCUT2D eigenvalue weighted by Gasteiger charge is 2.29. The Morgan fingerprint density at radius 1 is 1.06 bits per heavy atom. The lowest BCUT2D eigenvalue weighted by Gasteiger charge is -2.22. The molecule has 1 aliphatic carbocycles. The third kappa shape index (κ3) is 3.92. The van der Waals surface area contributed by atoms with Crippen LogP contribution in [0.2, 0.25) is 5.15 Å². The smallest absolute Gasteiger partial charge is 0.141 e. The van der Waals surface area contributed by atoms with E-state index in [2.05, 4.69) is 34.3 Å². The maximum absolute atomic E-state index is 9.41. The molecule has 0 saturated heterocycles. The molecule has 0 radical (unpaired) electrons. The Bertz CT molecular complexity index is 1310. The van der Waals surface area contributed by atoms with E-state index in [4.69, 9.17) is 11.6 Å². The second-order valence-electron chi connectivity index (χ2n) is 8.69. The molecule has 0 amide bonds. The lowest BCUT2D eigenvalue weighted by atomic mass is 9.89. The first kappa shape index (κ1) is 19.7. The fraction of sp³-hybridized carbons (Fsp3) is 0.280. The summed E-state index contributed by atoms with van der Waals surface area (Å²) in [5, 5.41) is 15.5. The first-order valence-electron chi connectivity index (χ1n) is 10.5. The van der Waals surface area contributed by atoms with Crippen LogP contribution in [0.4, 0.5) is 0 Å². The number of pyridine rings is 2. The molecule has 0 aliphatic heterocycles. The van der Waals surface area contributed by atoms with E-state index >= 15 is 0 Å². The van der Waals surface area contributed by atoms with Crippen molar-refractivity contribution in [3.05, 3.63) is 65.7 Å². The molecule has 6 heteroatoms. The van der Waals surface area contributed by atoms with Gasteiger partial charge in [0.2, 0.25) is 0 Å². The first-order valence-corrected chi connectivity index (χ1v) is 10.9. The minimum atomic E-state index is 0.318. The molecular weight excluding hydrogens is 406 g/mol. The molecule has 3 heterocycles. The highest BCUT2D eigenvalue weighted by atomic mass is 35.5. The van der Waals surface area contributed by atoms with Crippen molar-refractivity contribution in [2.75, 3.05) is 0 Å². The third-order valence-corrected chi connectivity index (χ3v) is 6.45. The summed E-state index contributed by atoms with van der Waals surface area (Å²) in [6.45, 7) is 3.27. The van der Waals surface area contributed by atoms with Gasteiger partial charge in [0.1, 0.15) is 16.9 Å². The van der Waals surface area contributed by atoms with Gasteiger partial charge in [0.05, 0.1) is 17.4 Å². The summed E-state index contributed by atoms with van der Waals surface area (Å²) >= 11 is 6.09. The zero-order valence-electron chi connectivity index (χ0n) is 17.3. The van der Waals surface area contributed by atoms with E-state index in [-0.39, 0.29) is 0 Å². The SMILES string of the molecule is CC1(Cn2cc(-c3ccc(C#N)nc3-c3ccc4ccc(Cl)nc4c3)cn2)CCCC1. The third-order valence-electron chi connectivity index (χ3n) is 6.24. The molecule has 5 rings (SSSR count). The van der Waals surface area contributed by atoms with E-state index in [0.29, 0.717) is 16.3 Å². The van der Waals surface area contributed by atoms with Crippen LogP contribution in [0.3, 0.4) is 0 Å². The fourth-order valence-corrected chi connectivity index (χ4v) is 4.73. The average Bonchev–Trinajstić information content (AvgIpc) is 3.42. The van der Waals surface area contributed by atoms with Crippen LogP contribution in [0, 0.1) is 16.7 Å². The number of hydrogen-bond acceptors (Lipinski definition) is 4. The Morgan fingerprint density at radius 3 is 2.68 bits per heavy atom. The van der Waals surface area contributed by atoms with Gasteiger partial charge in [0.25, 0.3) is 0 Å². The molecule has 0 atom stereocenters. The van der Waals surface area contributed by atoms with Crippen LogP contribution in [0.1, 0.15) is 38.3 Å². The molecule has 1 fully saturated rings. The van der Waals surface area contributed by atoms with Gasteiger partial charge in [-0.3, -0.25) is 4.68 Å². The standard InChI is InChI=1S/C25H22ClN5/c1-25(10-2-3-11-25)16-31-15-19(14-28-31)21-8-7-20(13-27)29-24(21)18-5-4-17-6-9-23(26)30-22(17)12-18/h4-9,12,14-15H,2-3,10-11,16H2,1H3. The molecule has 5 nitrogen and oxygen atoms in total. The lowest BCUT2D eigenvalue weighted by molar-refractivity contribution is 0.268. The van der Waals surface area contributed by atoms with E-state index in [1.54, 1.807) is 12.1 Å². The van der Waals surface area contributed by atoms with Crippen molar-refractivity contribution in [2.24, 2.45) is 5.41 Å². The van der Waals surface area contributed by atoms with E-state index in [0.717, 1.165) is 39.8 Å². The number of halogens is 1. The maximum Gasteiger partial charge on any atom is 0.141 e. The Morgan fingerprint density at radius 2 is 1.87 bits per heavy atom. The van der Waals surface area contributed by atoms with Gasteiger partial charge in [-0.15, -0.1) is 0 Å². The number of nitrogens with zero attached hydrogens (tertiary/aromatic N) is 5. The molecule has 3 aromatic heterocycles. The van der Waals surface area contributed by atoms with Gasteiger partial charge in [-0.05, 0) is 48.6 Å². The Kier molecular flexibility index (Phi) is 4.95. The summed E-state index contributed by atoms with van der Waals surface area (Å²) in [7, 11) is 0. The monoisotopic (exact) mass is 427 g/mol. The van der Waals surface area contributed by atoms with E-state index in [1.807, 2.05) is 41.2 Å². The van der Waals surface area contributed by atoms with Gasteiger partial charge in [-0.2, -0.15) is 10.4 Å². The predicted octanol–water partition coefficient (Wildman–Crippen LogP) is 6.27. The van der Waals surface area contributed by atoms with Gasteiger partial charge >= 0.3 is 0 Å². The van der Waals surface area contributed by atoms with Crippen LogP contribution in [-0.2, 0) is 6.54 Å². The van der Waals surface area contributed by atoms with Gasteiger partial charge in [-0.25, -0.2) is 9.97 Å². The molecule has 1 aliphatic rings. The molecule has 0 N–H and O–H groups in total. The molecule has 1 saturated carbocycles. The van der Waals surface area contributed by atoms with Gasteiger partial charge in [0, 0.05) is 34.8 Å². The van der Waals surface area contributed by atoms with Crippen LogP contribution in [0.15, 0.2) is 54.9 Å². The van der Waals surface area contributed by atoms with Gasteiger partial charge < -0.3 is 0 Å². The van der Waals surface area contributed by atoms with Crippen LogP contribution >= 0.6 is 11.6 Å². The number of fused-ring (bicyclic) bond motifs is 1. The lowest BCUT2D eigenvalue weighted by Crippen LogP contribution is -2.19. The second kappa shape index (κ2) is 7.79. The number of benzene rings is 1. The molecular formula is C25H22ClN5. The van der Waals surface area contributed by atoms with Crippen LogP contribution < -0.4 is 0 Å². The minimum absolute atomic E-state index is 0.318. The van der Waals surface area contributed by atoms with Crippen LogP contribution in [0.25, 0.3) is 33.3 Å². The maximum atomic E-state index is 9.41. The minimum Gasteiger partial charge on any atom is -0.272 e. The molecule has 0 bridgehead atoms. The molecule has 0 spiro atoms. The number of hydrogen-bond donors (Lipinski definition) is 0. The molecule has 1 aromatic carbocycles. The summed E-state index contributed by atoms with van der Waals surface area (Å²) in [5.41, 5.74) is 5.07. The summed E-state index contributed by atoms with van der Waals surface area (Å²) in [6.07, 6.45) is 9.08. The number of rotatable bonds is 4. The van der Waals surface area contributed by atoms with Gasteiger partial charge in [-0.1, -0.05) is 43.5 Å². The Hall–Kier alpha value is -3.23. The highest BCUT2D eigenvalue weighted by molar-refractivity contribution is 6.29. The number of aromatic nitrogens is 4. The summed E-state index contributed by atoms with van der Waals surface area (Å²) < 4.78 is 2.05. The van der Waals surface area contributed by atoms with Crippen molar-refractivity contribution in [1.82, 2.24) is 19.7 Å². The average molecular weight is 428 g/mol. The van der Waals surface area contributed by atoms with Crippen molar-refractivity contribution in [2.45, 2.75) is 39.2 Å². The fourth-order valence-electron chi connectivity index (χ4n) is 4.58. The first-order chi connectivity index (χ1) is 15.0. The Balaban J connectivity index is 1.57. The molecule has 0 unspecified atom stereocenters. The molecule has 154 valence electrons. The summed E-state index contributed by atoms with van der Waals surface area (Å²) in [5.74, 6) is 0. The second-order valence-corrected chi connectivity index (χ2v) is 9.08. The zero-order chi connectivity index (χ0) is 21.4. The molecule has 31 heavy (non-hydrogen) atoms. The van der Waals surface area contributed by atoms with E-state index < -0.39 is 0 Å². The van der Waals surface area contributed by atoms with Crippen molar-refractivity contribution in [3.63, 3.8) is 0 Å². The van der Waals surface area contributed by atoms with Gasteiger partial charge in [0.15, 0.2) is 0 Å². The van der Waals surface area contributed by atoms with Crippen molar-refractivity contribution in [1.29, 1.82) is 5.26 Å². The van der Waals surface area contributed by atoms with Crippen LogP contribution in [-0.4, -0.2) is 19.7 Å². The predicted molar refractivity (Wildman–Crippen MR) is 122 cm³/mol. The normalized spacial score (nSPS) is 15.3. The Labute approximate surface area is 186 Å². The largest absolute Gasteiger partial charge is 0.272 e. The van der Waals surface area contributed by atoms with Crippen molar-refractivity contribution in [3.8, 4) is 28.5 Å². The van der Waals surface area contributed by atoms with Crippen molar-refractivity contribution >= 4 is 22.5 Å². The molecule has 4 aromatic rings. The summed E-state index contributed by atoms with van der Waals surface area (Å²) in [4.78, 5) is 9.07.